The van der Waals surface area contributed by atoms with Crippen LogP contribution in [0.4, 0.5) is 5.82 Å². The summed E-state index contributed by atoms with van der Waals surface area (Å²) < 4.78 is 0.858. The number of aromatic nitrogens is 2. The summed E-state index contributed by atoms with van der Waals surface area (Å²) in [6.45, 7) is 3.92. The minimum Gasteiger partial charge on any atom is -0.273 e. The van der Waals surface area contributed by atoms with Gasteiger partial charge in [0.2, 0.25) is 5.91 Å². The number of fused-ring (bicyclic) bond motifs is 1. The van der Waals surface area contributed by atoms with Gasteiger partial charge in [0.25, 0.3) is 0 Å². The number of hydrogen-bond donors (Lipinski definition) is 1. The minimum atomic E-state index is -0.126. The SMILES string of the molecule is CCCC(=O)N(N)c1ncnc2c(C)csc12. The van der Waals surface area contributed by atoms with Gasteiger partial charge in [-0.25, -0.2) is 20.8 Å². The molecule has 0 aliphatic rings. The van der Waals surface area contributed by atoms with Crippen molar-refractivity contribution in [3.63, 3.8) is 0 Å². The molecule has 2 aromatic rings. The molecule has 1 amide bonds. The molecule has 2 heterocycles. The summed E-state index contributed by atoms with van der Waals surface area (Å²) in [5.41, 5.74) is 1.93. The Morgan fingerprint density at radius 1 is 1.53 bits per heavy atom. The summed E-state index contributed by atoms with van der Waals surface area (Å²) in [5.74, 6) is 6.17. The van der Waals surface area contributed by atoms with Gasteiger partial charge in [0.1, 0.15) is 6.33 Å². The average Bonchev–Trinajstić information content (AvgIpc) is 2.71. The van der Waals surface area contributed by atoms with Gasteiger partial charge in [-0.05, 0) is 24.3 Å². The fourth-order valence-corrected chi connectivity index (χ4v) is 2.57. The molecule has 2 aromatic heterocycles. The fraction of sp³-hybridized carbons (Fsp3) is 0.364. The van der Waals surface area contributed by atoms with Crippen molar-refractivity contribution in [2.45, 2.75) is 26.7 Å². The lowest BCUT2D eigenvalue weighted by Gasteiger charge is -2.15. The first-order valence-corrected chi connectivity index (χ1v) is 6.29. The maximum atomic E-state index is 11.7. The van der Waals surface area contributed by atoms with E-state index in [-0.39, 0.29) is 5.91 Å². The monoisotopic (exact) mass is 250 g/mol. The van der Waals surface area contributed by atoms with E-state index < -0.39 is 0 Å². The van der Waals surface area contributed by atoms with Crippen LogP contribution in [0.3, 0.4) is 0 Å². The lowest BCUT2D eigenvalue weighted by atomic mass is 10.3. The third-order valence-corrected chi connectivity index (χ3v) is 3.56. The Hall–Kier alpha value is -1.53. The van der Waals surface area contributed by atoms with Crippen molar-refractivity contribution >= 4 is 33.3 Å². The van der Waals surface area contributed by atoms with Crippen LogP contribution < -0.4 is 10.9 Å². The summed E-state index contributed by atoms with van der Waals surface area (Å²) in [6, 6.07) is 0. The number of thiophene rings is 1. The van der Waals surface area contributed by atoms with Crippen LogP contribution in [0.5, 0.6) is 0 Å². The molecular formula is C11H14N4OS. The predicted octanol–water partition coefficient (Wildman–Crippen LogP) is 2.01. The van der Waals surface area contributed by atoms with E-state index >= 15 is 0 Å². The summed E-state index contributed by atoms with van der Waals surface area (Å²) in [4.78, 5) is 20.0. The molecule has 17 heavy (non-hydrogen) atoms. The number of anilines is 1. The molecule has 0 fully saturated rings. The predicted molar refractivity (Wildman–Crippen MR) is 68.7 cm³/mol. The molecule has 0 atom stereocenters. The van der Waals surface area contributed by atoms with E-state index in [1.807, 2.05) is 19.2 Å². The topological polar surface area (TPSA) is 72.1 Å². The van der Waals surface area contributed by atoms with Crippen LogP contribution in [0.2, 0.25) is 0 Å². The third-order valence-electron chi connectivity index (χ3n) is 2.47. The minimum absolute atomic E-state index is 0.126. The smallest absolute Gasteiger partial charge is 0.242 e. The van der Waals surface area contributed by atoms with E-state index in [2.05, 4.69) is 9.97 Å². The molecule has 0 unspecified atom stereocenters. The first-order valence-electron chi connectivity index (χ1n) is 5.41. The van der Waals surface area contributed by atoms with E-state index in [0.717, 1.165) is 27.2 Å². The highest BCUT2D eigenvalue weighted by Crippen LogP contribution is 2.29. The highest BCUT2D eigenvalue weighted by atomic mass is 32.1. The number of nitrogens with zero attached hydrogens (tertiary/aromatic N) is 3. The number of nitrogens with two attached hydrogens (primary N) is 1. The first-order chi connectivity index (χ1) is 8.15. The maximum absolute atomic E-state index is 11.7. The van der Waals surface area contributed by atoms with Crippen LogP contribution in [0.25, 0.3) is 10.2 Å². The van der Waals surface area contributed by atoms with Gasteiger partial charge >= 0.3 is 0 Å². The Labute approximate surface area is 103 Å². The maximum Gasteiger partial charge on any atom is 0.242 e. The molecule has 90 valence electrons. The van der Waals surface area contributed by atoms with Crippen LogP contribution in [0.15, 0.2) is 11.7 Å². The number of rotatable bonds is 3. The van der Waals surface area contributed by atoms with Crippen molar-refractivity contribution < 1.29 is 4.79 Å². The molecular weight excluding hydrogens is 236 g/mol. The van der Waals surface area contributed by atoms with E-state index in [0.29, 0.717) is 12.2 Å². The molecule has 0 spiro atoms. The van der Waals surface area contributed by atoms with Crippen LogP contribution in [0, 0.1) is 6.92 Å². The molecule has 6 heteroatoms. The van der Waals surface area contributed by atoms with Crippen LogP contribution in [0.1, 0.15) is 25.3 Å². The lowest BCUT2D eigenvalue weighted by molar-refractivity contribution is -0.118. The highest BCUT2D eigenvalue weighted by molar-refractivity contribution is 7.18. The molecule has 2 rings (SSSR count). The van der Waals surface area contributed by atoms with Crippen molar-refractivity contribution in [1.82, 2.24) is 9.97 Å². The van der Waals surface area contributed by atoms with Crippen LogP contribution in [-0.4, -0.2) is 15.9 Å². The Morgan fingerprint density at radius 2 is 2.29 bits per heavy atom. The van der Waals surface area contributed by atoms with Gasteiger partial charge < -0.3 is 0 Å². The average molecular weight is 250 g/mol. The van der Waals surface area contributed by atoms with Crippen molar-refractivity contribution in [1.29, 1.82) is 0 Å². The zero-order chi connectivity index (χ0) is 12.4. The molecule has 5 nitrogen and oxygen atoms in total. The summed E-state index contributed by atoms with van der Waals surface area (Å²) in [5, 5.41) is 3.12. The molecule has 0 bridgehead atoms. The fourth-order valence-electron chi connectivity index (χ4n) is 1.58. The van der Waals surface area contributed by atoms with Crippen LogP contribution in [-0.2, 0) is 4.79 Å². The number of hydrazine groups is 1. The third kappa shape index (κ3) is 2.13. The van der Waals surface area contributed by atoms with Crippen molar-refractivity contribution in [2.24, 2.45) is 5.84 Å². The molecule has 0 aliphatic heterocycles. The molecule has 0 saturated carbocycles. The number of hydrogen-bond acceptors (Lipinski definition) is 5. The number of carbonyl (C=O) groups is 1. The first kappa shape index (κ1) is 11.9. The Bertz CT molecular complexity index is 551. The highest BCUT2D eigenvalue weighted by Gasteiger charge is 2.17. The van der Waals surface area contributed by atoms with Crippen molar-refractivity contribution in [3.05, 3.63) is 17.3 Å². The van der Waals surface area contributed by atoms with Gasteiger partial charge in [0, 0.05) is 6.42 Å². The second-order valence-corrected chi connectivity index (χ2v) is 4.69. The quantitative estimate of drug-likeness (QED) is 0.514. The number of carbonyl (C=O) groups excluding carboxylic acids is 1. The second kappa shape index (κ2) is 4.77. The van der Waals surface area contributed by atoms with Gasteiger partial charge in [-0.15, -0.1) is 11.3 Å². The summed E-state index contributed by atoms with van der Waals surface area (Å²) in [7, 11) is 0. The zero-order valence-electron chi connectivity index (χ0n) is 9.80. The number of amides is 1. The standard InChI is InChI=1S/C11H14N4OS/c1-3-4-8(16)15(12)11-10-9(13-6-14-11)7(2)5-17-10/h5-6H,3-4,12H2,1-2H3. The largest absolute Gasteiger partial charge is 0.273 e. The van der Waals surface area contributed by atoms with Gasteiger partial charge in [-0.1, -0.05) is 6.92 Å². The van der Waals surface area contributed by atoms with E-state index in [9.17, 15) is 4.79 Å². The van der Waals surface area contributed by atoms with E-state index in [1.54, 1.807) is 0 Å². The molecule has 2 N–H and O–H groups in total. The number of aryl methyl sites for hydroxylation is 1. The van der Waals surface area contributed by atoms with Crippen molar-refractivity contribution in [3.8, 4) is 0 Å². The lowest BCUT2D eigenvalue weighted by Crippen LogP contribution is -2.38. The zero-order valence-corrected chi connectivity index (χ0v) is 10.6. The molecule has 0 radical (unpaired) electrons. The summed E-state index contributed by atoms with van der Waals surface area (Å²) >= 11 is 1.51. The van der Waals surface area contributed by atoms with E-state index in [1.165, 1.54) is 17.7 Å². The normalized spacial score (nSPS) is 10.8. The molecule has 0 aromatic carbocycles. The molecule has 0 saturated heterocycles. The van der Waals surface area contributed by atoms with Crippen LogP contribution >= 0.6 is 11.3 Å². The second-order valence-electron chi connectivity index (χ2n) is 3.81. The summed E-state index contributed by atoms with van der Waals surface area (Å²) in [6.07, 6.45) is 2.63. The van der Waals surface area contributed by atoms with Gasteiger partial charge in [-0.3, -0.25) is 4.79 Å². The van der Waals surface area contributed by atoms with Gasteiger partial charge in [-0.2, -0.15) is 0 Å². The van der Waals surface area contributed by atoms with Gasteiger partial charge in [0.15, 0.2) is 5.82 Å². The molecule has 0 aliphatic carbocycles. The van der Waals surface area contributed by atoms with Gasteiger partial charge in [0.05, 0.1) is 10.2 Å². The van der Waals surface area contributed by atoms with Crippen molar-refractivity contribution in [2.75, 3.05) is 5.01 Å². The Morgan fingerprint density at radius 3 is 3.00 bits per heavy atom. The Balaban J connectivity index is 2.45. The van der Waals surface area contributed by atoms with E-state index in [4.69, 9.17) is 5.84 Å². The Kier molecular flexibility index (Phi) is 3.35.